The highest BCUT2D eigenvalue weighted by Crippen LogP contribution is 2.22. The summed E-state index contributed by atoms with van der Waals surface area (Å²) in [6, 6.07) is 11.0. The molecule has 2 heteroatoms. The topological polar surface area (TPSA) is 12.0 Å². The van der Waals surface area contributed by atoms with Crippen molar-refractivity contribution in [2.45, 2.75) is 37.1 Å². The summed E-state index contributed by atoms with van der Waals surface area (Å²) >= 11 is 6.32. The minimum Gasteiger partial charge on any atom is -0.312 e. The Bertz CT molecular complexity index is 280. The predicted octanol–water partition coefficient (Wildman–Crippen LogP) is 3.50. The van der Waals surface area contributed by atoms with Gasteiger partial charge in [0.25, 0.3) is 0 Å². The zero-order valence-corrected chi connectivity index (χ0v) is 9.71. The molecule has 1 fully saturated rings. The lowest BCUT2D eigenvalue weighted by Gasteiger charge is -2.15. The lowest BCUT2D eigenvalue weighted by Crippen LogP contribution is -2.29. The maximum atomic E-state index is 6.32. The first-order valence-electron chi connectivity index (χ1n) is 5.78. The Labute approximate surface area is 96.8 Å². The largest absolute Gasteiger partial charge is 0.312 e. The second-order valence-corrected chi connectivity index (χ2v) is 4.79. The standard InChI is InChI=1S/C13H18ClN/c14-13(11-6-2-1-3-7-11)10-15-12-8-4-5-9-12/h1-3,6-7,12-13,15H,4-5,8-10H2. The summed E-state index contributed by atoms with van der Waals surface area (Å²) in [6.45, 7) is 0.885. The van der Waals surface area contributed by atoms with Crippen LogP contribution in [0, 0.1) is 0 Å². The van der Waals surface area contributed by atoms with E-state index < -0.39 is 0 Å². The summed E-state index contributed by atoms with van der Waals surface area (Å²) in [5.74, 6) is 0. The fourth-order valence-corrected chi connectivity index (χ4v) is 2.41. The molecule has 0 amide bonds. The van der Waals surface area contributed by atoms with Crippen LogP contribution in [0.25, 0.3) is 0 Å². The van der Waals surface area contributed by atoms with E-state index in [0.29, 0.717) is 6.04 Å². The molecule has 0 radical (unpaired) electrons. The van der Waals surface area contributed by atoms with Crippen molar-refractivity contribution < 1.29 is 0 Å². The van der Waals surface area contributed by atoms with Gasteiger partial charge in [0.1, 0.15) is 0 Å². The molecule has 1 aromatic carbocycles. The fourth-order valence-electron chi connectivity index (χ4n) is 2.18. The van der Waals surface area contributed by atoms with Gasteiger partial charge in [0.05, 0.1) is 5.38 Å². The van der Waals surface area contributed by atoms with Crippen LogP contribution < -0.4 is 5.32 Å². The van der Waals surface area contributed by atoms with Gasteiger partial charge in [0.2, 0.25) is 0 Å². The van der Waals surface area contributed by atoms with Crippen LogP contribution in [0.5, 0.6) is 0 Å². The van der Waals surface area contributed by atoms with Gasteiger partial charge in [-0.3, -0.25) is 0 Å². The van der Waals surface area contributed by atoms with Gasteiger partial charge in [-0.05, 0) is 18.4 Å². The van der Waals surface area contributed by atoms with E-state index in [9.17, 15) is 0 Å². The first-order chi connectivity index (χ1) is 7.36. The monoisotopic (exact) mass is 223 g/mol. The summed E-state index contributed by atoms with van der Waals surface area (Å²) < 4.78 is 0. The van der Waals surface area contributed by atoms with Crippen LogP contribution in [0.3, 0.4) is 0 Å². The average molecular weight is 224 g/mol. The maximum absolute atomic E-state index is 6.32. The van der Waals surface area contributed by atoms with Gasteiger partial charge in [0, 0.05) is 12.6 Å². The zero-order chi connectivity index (χ0) is 10.5. The highest BCUT2D eigenvalue weighted by Gasteiger charge is 2.16. The molecule has 0 bridgehead atoms. The zero-order valence-electron chi connectivity index (χ0n) is 8.95. The third-order valence-corrected chi connectivity index (χ3v) is 3.51. The molecule has 15 heavy (non-hydrogen) atoms. The lowest BCUT2D eigenvalue weighted by molar-refractivity contribution is 0.523. The molecule has 82 valence electrons. The summed E-state index contributed by atoms with van der Waals surface area (Å²) in [4.78, 5) is 0. The van der Waals surface area contributed by atoms with E-state index in [4.69, 9.17) is 11.6 Å². The number of alkyl halides is 1. The highest BCUT2D eigenvalue weighted by atomic mass is 35.5. The van der Waals surface area contributed by atoms with Crippen molar-refractivity contribution in [1.82, 2.24) is 5.32 Å². The van der Waals surface area contributed by atoms with Crippen molar-refractivity contribution in [1.29, 1.82) is 0 Å². The van der Waals surface area contributed by atoms with E-state index >= 15 is 0 Å². The summed E-state index contributed by atoms with van der Waals surface area (Å²) in [7, 11) is 0. The molecule has 1 aliphatic carbocycles. The fraction of sp³-hybridized carbons (Fsp3) is 0.538. The highest BCUT2D eigenvalue weighted by molar-refractivity contribution is 6.21. The van der Waals surface area contributed by atoms with Crippen LogP contribution in [0.15, 0.2) is 30.3 Å². The van der Waals surface area contributed by atoms with Crippen LogP contribution in [-0.4, -0.2) is 12.6 Å². The van der Waals surface area contributed by atoms with Gasteiger partial charge >= 0.3 is 0 Å². The quantitative estimate of drug-likeness (QED) is 0.771. The van der Waals surface area contributed by atoms with E-state index in [1.54, 1.807) is 0 Å². The normalized spacial score (nSPS) is 19.3. The van der Waals surface area contributed by atoms with Crippen LogP contribution in [-0.2, 0) is 0 Å². The Morgan fingerprint density at radius 1 is 1.20 bits per heavy atom. The molecule has 1 nitrogen and oxygen atoms in total. The van der Waals surface area contributed by atoms with Crippen LogP contribution >= 0.6 is 11.6 Å². The molecule has 0 spiro atoms. The van der Waals surface area contributed by atoms with E-state index in [2.05, 4.69) is 17.4 Å². The number of nitrogens with one attached hydrogen (secondary N) is 1. The summed E-state index contributed by atoms with van der Waals surface area (Å²) in [6.07, 6.45) is 5.38. The second-order valence-electron chi connectivity index (χ2n) is 4.27. The molecule has 2 rings (SSSR count). The molecule has 1 N–H and O–H groups in total. The van der Waals surface area contributed by atoms with Crippen LogP contribution in [0.1, 0.15) is 36.6 Å². The van der Waals surface area contributed by atoms with E-state index in [0.717, 1.165) is 6.54 Å². The molecular formula is C13H18ClN. The van der Waals surface area contributed by atoms with Crippen LogP contribution in [0.2, 0.25) is 0 Å². The van der Waals surface area contributed by atoms with E-state index in [-0.39, 0.29) is 5.38 Å². The number of halogens is 1. The minimum atomic E-state index is 0.104. The number of benzene rings is 1. The van der Waals surface area contributed by atoms with Crippen molar-refractivity contribution in [3.05, 3.63) is 35.9 Å². The van der Waals surface area contributed by atoms with Gasteiger partial charge in [0.15, 0.2) is 0 Å². The Kier molecular flexibility index (Phi) is 4.04. The summed E-state index contributed by atoms with van der Waals surface area (Å²) in [5, 5.41) is 3.65. The predicted molar refractivity (Wildman–Crippen MR) is 65.3 cm³/mol. The van der Waals surface area contributed by atoms with Gasteiger partial charge in [-0.15, -0.1) is 11.6 Å². The molecule has 1 unspecified atom stereocenters. The van der Waals surface area contributed by atoms with Crippen molar-refractivity contribution >= 4 is 11.6 Å². The lowest BCUT2D eigenvalue weighted by atomic mass is 10.1. The Morgan fingerprint density at radius 2 is 1.87 bits per heavy atom. The van der Waals surface area contributed by atoms with E-state index in [1.165, 1.54) is 31.2 Å². The van der Waals surface area contributed by atoms with Gasteiger partial charge < -0.3 is 5.32 Å². The minimum absolute atomic E-state index is 0.104. The molecule has 1 atom stereocenters. The first kappa shape index (κ1) is 11.0. The Hall–Kier alpha value is -0.530. The number of rotatable bonds is 4. The van der Waals surface area contributed by atoms with Crippen molar-refractivity contribution in [3.63, 3.8) is 0 Å². The molecule has 0 saturated heterocycles. The molecule has 1 saturated carbocycles. The van der Waals surface area contributed by atoms with Crippen LogP contribution in [0.4, 0.5) is 0 Å². The molecule has 1 aromatic rings. The second kappa shape index (κ2) is 5.53. The smallest absolute Gasteiger partial charge is 0.0709 e. The molecular weight excluding hydrogens is 206 g/mol. The summed E-state index contributed by atoms with van der Waals surface area (Å²) in [5.41, 5.74) is 1.21. The van der Waals surface area contributed by atoms with Crippen molar-refractivity contribution in [3.8, 4) is 0 Å². The number of hydrogen-bond acceptors (Lipinski definition) is 1. The molecule has 0 heterocycles. The van der Waals surface area contributed by atoms with Crippen molar-refractivity contribution in [2.24, 2.45) is 0 Å². The van der Waals surface area contributed by atoms with E-state index in [1.807, 2.05) is 18.2 Å². The van der Waals surface area contributed by atoms with Gasteiger partial charge in [-0.25, -0.2) is 0 Å². The maximum Gasteiger partial charge on any atom is 0.0709 e. The van der Waals surface area contributed by atoms with Gasteiger partial charge in [-0.2, -0.15) is 0 Å². The Balaban J connectivity index is 1.79. The SMILES string of the molecule is ClC(CNC1CCCC1)c1ccccc1. The number of hydrogen-bond donors (Lipinski definition) is 1. The molecule has 1 aliphatic rings. The third-order valence-electron chi connectivity index (χ3n) is 3.10. The Morgan fingerprint density at radius 3 is 2.53 bits per heavy atom. The molecule has 0 aromatic heterocycles. The van der Waals surface area contributed by atoms with Gasteiger partial charge in [-0.1, -0.05) is 43.2 Å². The average Bonchev–Trinajstić information content (AvgIpc) is 2.80. The third kappa shape index (κ3) is 3.22. The first-order valence-corrected chi connectivity index (χ1v) is 6.22. The molecule has 0 aliphatic heterocycles. The van der Waals surface area contributed by atoms with Crippen molar-refractivity contribution in [2.75, 3.05) is 6.54 Å².